The van der Waals surface area contributed by atoms with Gasteiger partial charge in [0.15, 0.2) is 5.82 Å². The van der Waals surface area contributed by atoms with E-state index in [0.29, 0.717) is 23.2 Å². The van der Waals surface area contributed by atoms with Crippen molar-refractivity contribution in [3.8, 4) is 39.9 Å². The van der Waals surface area contributed by atoms with Crippen LogP contribution in [0.3, 0.4) is 0 Å². The normalized spacial score (nSPS) is 12.3. The van der Waals surface area contributed by atoms with Crippen molar-refractivity contribution in [3.63, 3.8) is 0 Å². The van der Waals surface area contributed by atoms with Crippen LogP contribution in [0.2, 0.25) is 0 Å². The zero-order chi connectivity index (χ0) is 27.1. The van der Waals surface area contributed by atoms with E-state index in [2.05, 4.69) is 61.0 Å². The maximum atomic E-state index is 10.3. The molecule has 0 amide bonds. The Morgan fingerprint density at radius 2 is 1.53 bits per heavy atom. The van der Waals surface area contributed by atoms with Crippen LogP contribution in [0.25, 0.3) is 34.2 Å². The number of hydrogen-bond acceptors (Lipinski definition) is 4. The van der Waals surface area contributed by atoms with Gasteiger partial charge in [0.2, 0.25) is 0 Å². The summed E-state index contributed by atoms with van der Waals surface area (Å²) < 4.78 is 20.7. The molecule has 0 spiro atoms. The number of para-hydroxylation sites is 3. The quantitative estimate of drug-likeness (QED) is 0.283. The average molecular weight is 480 g/mol. The molecule has 0 radical (unpaired) electrons. The van der Waals surface area contributed by atoms with Crippen molar-refractivity contribution in [2.24, 2.45) is 0 Å². The fourth-order valence-electron chi connectivity index (χ4n) is 4.54. The Morgan fingerprint density at radius 1 is 0.861 bits per heavy atom. The second-order valence-electron chi connectivity index (χ2n) is 9.55. The number of phenolic OH excluding ortho intramolecular Hbond substituents is 1. The molecule has 0 fully saturated rings. The van der Waals surface area contributed by atoms with E-state index in [-0.39, 0.29) is 29.9 Å². The van der Waals surface area contributed by atoms with Gasteiger partial charge >= 0.3 is 0 Å². The highest BCUT2D eigenvalue weighted by molar-refractivity contribution is 5.69. The number of phenols is 1. The highest BCUT2D eigenvalue weighted by Crippen LogP contribution is 2.34. The first kappa shape index (κ1) is 21.1. The lowest BCUT2D eigenvalue weighted by atomic mass is 9.92. The number of hydrogen-bond donors (Lipinski definition) is 1. The molecule has 182 valence electrons. The summed E-state index contributed by atoms with van der Waals surface area (Å²) in [5, 5.41) is 15.0. The summed E-state index contributed by atoms with van der Waals surface area (Å²) in [5.74, 6) is 2.26. The molecule has 0 bridgehead atoms. The molecule has 6 nitrogen and oxygen atoms in total. The molecule has 5 rings (SSSR count). The highest BCUT2D eigenvalue weighted by Gasteiger charge is 2.19. The Hall–Kier alpha value is -4.19. The lowest BCUT2D eigenvalue weighted by Crippen LogP contribution is -2.07. The van der Waals surface area contributed by atoms with Gasteiger partial charge in [-0.05, 0) is 48.1 Å². The van der Waals surface area contributed by atoms with E-state index in [1.165, 1.54) is 0 Å². The fraction of sp³-hybridized carbons (Fsp3) is 0.233. The Labute approximate surface area is 214 Å². The Bertz CT molecular complexity index is 1610. The van der Waals surface area contributed by atoms with E-state index >= 15 is 0 Å². The summed E-state index contributed by atoms with van der Waals surface area (Å²) in [4.78, 5) is 9.19. The third-order valence-corrected chi connectivity index (χ3v) is 6.36. The van der Waals surface area contributed by atoms with E-state index in [4.69, 9.17) is 2.74 Å². The monoisotopic (exact) mass is 479 g/mol. The smallest absolute Gasteiger partial charge is 0.181 e. The minimum Gasteiger partial charge on any atom is -0.506 e. The maximum absolute atomic E-state index is 10.3. The molecule has 0 aliphatic rings. The fourth-order valence-corrected chi connectivity index (χ4v) is 4.54. The van der Waals surface area contributed by atoms with Crippen molar-refractivity contribution in [3.05, 3.63) is 96.0 Å². The van der Waals surface area contributed by atoms with Crippen molar-refractivity contribution in [1.82, 2.24) is 24.3 Å². The highest BCUT2D eigenvalue weighted by atomic mass is 16.3. The molecule has 5 aromatic rings. The minimum atomic E-state index is -0.0727. The molecule has 2 aromatic heterocycles. The van der Waals surface area contributed by atoms with Crippen molar-refractivity contribution in [1.29, 1.82) is 0 Å². The van der Waals surface area contributed by atoms with Crippen LogP contribution >= 0.6 is 0 Å². The van der Waals surface area contributed by atoms with Gasteiger partial charge in [0.1, 0.15) is 23.1 Å². The predicted molar refractivity (Wildman–Crippen MR) is 144 cm³/mol. The van der Waals surface area contributed by atoms with Crippen LogP contribution in [0.5, 0.6) is 5.75 Å². The van der Waals surface area contributed by atoms with Gasteiger partial charge in [0.25, 0.3) is 0 Å². The van der Waals surface area contributed by atoms with Crippen LogP contribution in [0, 0.1) is 6.92 Å². The second kappa shape index (κ2) is 9.46. The summed E-state index contributed by atoms with van der Waals surface area (Å²) in [7, 11) is 0. The molecule has 0 saturated carbocycles. The predicted octanol–water partition coefficient (Wildman–Crippen LogP) is 7.05. The van der Waals surface area contributed by atoms with Gasteiger partial charge in [0, 0.05) is 23.5 Å². The molecule has 0 aliphatic carbocycles. The van der Waals surface area contributed by atoms with Crippen LogP contribution in [0.4, 0.5) is 0 Å². The molecule has 0 unspecified atom stereocenters. The van der Waals surface area contributed by atoms with Crippen LogP contribution < -0.4 is 0 Å². The number of aromatic nitrogens is 5. The lowest BCUT2D eigenvalue weighted by Gasteiger charge is -2.21. The van der Waals surface area contributed by atoms with E-state index in [9.17, 15) is 5.11 Å². The molecular formula is C30H31N5O. The summed E-state index contributed by atoms with van der Waals surface area (Å²) in [6.45, 7) is 10.4. The summed E-state index contributed by atoms with van der Waals surface area (Å²) >= 11 is 0. The second-order valence-corrected chi connectivity index (χ2v) is 9.55. The van der Waals surface area contributed by atoms with Crippen LogP contribution in [0.1, 0.15) is 59.2 Å². The maximum Gasteiger partial charge on any atom is 0.181 e. The summed E-state index contributed by atoms with van der Waals surface area (Å²) in [6, 6.07) is 21.0. The van der Waals surface area contributed by atoms with Crippen LogP contribution in [-0.2, 0) is 0 Å². The molecule has 0 atom stereocenters. The summed E-state index contributed by atoms with van der Waals surface area (Å²) in [6.07, 6.45) is -0.0188. The van der Waals surface area contributed by atoms with E-state index in [0.717, 1.165) is 27.9 Å². The first-order valence-corrected chi connectivity index (χ1v) is 12.2. The van der Waals surface area contributed by atoms with Crippen LogP contribution in [-0.4, -0.2) is 29.4 Å². The largest absolute Gasteiger partial charge is 0.506 e. The first-order valence-electron chi connectivity index (χ1n) is 13.2. The van der Waals surface area contributed by atoms with Crippen molar-refractivity contribution < 1.29 is 7.85 Å². The molecule has 6 heteroatoms. The summed E-state index contributed by atoms with van der Waals surface area (Å²) in [5.41, 5.74) is 5.23. The topological polar surface area (TPSA) is 68.8 Å². The zero-order valence-corrected chi connectivity index (χ0v) is 21.2. The standard InChI is InChI=1S/C30H31N5O/c1-19(2)24-12-9-13-25(20(3)4)28(24)34-17-16-31-30(34)23-11-8-10-22(18-23)29-32-21(5)35(33-29)26-14-6-7-15-27(26)36/h6-20,36H,1-5H3/i16D,17D. The minimum absolute atomic E-state index is 0.0539. The molecule has 36 heavy (non-hydrogen) atoms. The SMILES string of the molecule is [2H]c1nc(-c2cccc(-c3nc(C)n(-c4ccccc4O)n3)c2)n(-c2c(C(C)C)cccc2C(C)C)c1[2H]. The number of benzene rings is 3. The van der Waals surface area contributed by atoms with Crippen molar-refractivity contribution in [2.75, 3.05) is 0 Å². The number of imidazole rings is 1. The van der Waals surface area contributed by atoms with Crippen molar-refractivity contribution in [2.45, 2.75) is 46.5 Å². The number of nitrogens with zero attached hydrogens (tertiary/aromatic N) is 5. The van der Waals surface area contributed by atoms with Gasteiger partial charge in [-0.1, -0.05) is 76.2 Å². The van der Waals surface area contributed by atoms with Gasteiger partial charge in [-0.15, -0.1) is 5.10 Å². The van der Waals surface area contributed by atoms with E-state index < -0.39 is 0 Å². The number of rotatable bonds is 6. The molecule has 0 saturated heterocycles. The Morgan fingerprint density at radius 3 is 2.22 bits per heavy atom. The van der Waals surface area contributed by atoms with Gasteiger partial charge in [0.05, 0.1) is 8.43 Å². The van der Waals surface area contributed by atoms with Gasteiger partial charge < -0.3 is 5.11 Å². The third-order valence-electron chi connectivity index (χ3n) is 6.36. The van der Waals surface area contributed by atoms with Gasteiger partial charge in [-0.3, -0.25) is 4.57 Å². The number of aryl methyl sites for hydroxylation is 1. The third kappa shape index (κ3) is 4.19. The zero-order valence-electron chi connectivity index (χ0n) is 23.2. The molecule has 3 aromatic carbocycles. The molecule has 2 heterocycles. The van der Waals surface area contributed by atoms with E-state index in [1.807, 2.05) is 41.8 Å². The Kier molecular flexibility index (Phi) is 5.55. The van der Waals surface area contributed by atoms with Gasteiger partial charge in [-0.2, -0.15) is 0 Å². The molecule has 1 N–H and O–H groups in total. The lowest BCUT2D eigenvalue weighted by molar-refractivity contribution is 0.470. The molecule has 0 aliphatic heterocycles. The average Bonchev–Trinajstić information content (AvgIpc) is 3.43. The molecular weight excluding hydrogens is 446 g/mol. The van der Waals surface area contributed by atoms with Gasteiger partial charge in [-0.25, -0.2) is 14.6 Å². The number of aromatic hydroxyl groups is 1. The van der Waals surface area contributed by atoms with E-state index in [1.54, 1.807) is 22.9 Å². The van der Waals surface area contributed by atoms with Crippen molar-refractivity contribution >= 4 is 0 Å². The first-order chi connectivity index (χ1) is 18.2. The Balaban J connectivity index is 1.67. The van der Waals surface area contributed by atoms with Crippen LogP contribution in [0.15, 0.2) is 79.1 Å².